The molecule has 0 saturated heterocycles. The van der Waals surface area contributed by atoms with Gasteiger partial charge in [-0.1, -0.05) is 35.9 Å². The molecule has 2 nitrogen and oxygen atoms in total. The Hall–Kier alpha value is -1.71. The van der Waals surface area contributed by atoms with Crippen molar-refractivity contribution in [1.82, 2.24) is 9.29 Å². The summed E-state index contributed by atoms with van der Waals surface area (Å²) in [7, 11) is 2.20. The number of nitrogens with zero attached hydrogens (tertiary/aromatic N) is 1. The molecule has 0 amide bonds. The number of H-pyrrole nitrogens is 1. The number of rotatable bonds is 5. The van der Waals surface area contributed by atoms with E-state index < -0.39 is 0 Å². The van der Waals surface area contributed by atoms with Gasteiger partial charge in [-0.15, -0.1) is 0 Å². The fourth-order valence-electron chi connectivity index (χ4n) is 3.29. The molecule has 0 aliphatic heterocycles. The van der Waals surface area contributed by atoms with Gasteiger partial charge < -0.3 is 4.98 Å². The molecule has 1 unspecified atom stereocenters. The third kappa shape index (κ3) is 3.52. The molecule has 1 N–H and O–H groups in total. The molecule has 1 heterocycles. The van der Waals surface area contributed by atoms with Crippen molar-refractivity contribution in [3.05, 3.63) is 64.8 Å². The number of aromatic amines is 1. The topological polar surface area (TPSA) is 19.0 Å². The first-order valence-electron chi connectivity index (χ1n) is 8.49. The largest absolute Gasteiger partial charge is 0.361 e. The lowest BCUT2D eigenvalue weighted by molar-refractivity contribution is 0.435. The molecule has 1 atom stereocenters. The Bertz CT molecular complexity index is 827. The summed E-state index contributed by atoms with van der Waals surface area (Å²) in [6.45, 7) is 8.88. The number of likely N-dealkylation sites (N-methyl/N-ethyl adjacent to an activating group) is 1. The van der Waals surface area contributed by atoms with Gasteiger partial charge in [0, 0.05) is 28.0 Å². The summed E-state index contributed by atoms with van der Waals surface area (Å²) in [4.78, 5) is 4.76. The third-order valence-corrected chi connectivity index (χ3v) is 6.13. The molecule has 0 fully saturated rings. The number of hydrogen-bond acceptors (Lipinski definition) is 2. The predicted octanol–water partition coefficient (Wildman–Crippen LogP) is 5.66. The lowest BCUT2D eigenvalue weighted by atomic mass is 10.1. The molecule has 3 aromatic rings. The number of nitrogens with one attached hydrogen (secondary N) is 1. The van der Waals surface area contributed by atoms with Gasteiger partial charge >= 0.3 is 0 Å². The highest BCUT2D eigenvalue weighted by molar-refractivity contribution is 7.97. The van der Waals surface area contributed by atoms with E-state index >= 15 is 0 Å². The lowest BCUT2D eigenvalue weighted by Crippen LogP contribution is -2.24. The van der Waals surface area contributed by atoms with E-state index in [9.17, 15) is 0 Å². The van der Waals surface area contributed by atoms with Gasteiger partial charge in [0.1, 0.15) is 0 Å². The van der Waals surface area contributed by atoms with Crippen LogP contribution >= 0.6 is 11.9 Å². The Kier molecular flexibility index (Phi) is 5.02. The van der Waals surface area contributed by atoms with E-state index in [0.717, 1.165) is 6.42 Å². The Morgan fingerprint density at radius 3 is 2.46 bits per heavy atom. The van der Waals surface area contributed by atoms with Gasteiger partial charge in [-0.05, 0) is 75.9 Å². The normalized spacial score (nSPS) is 12.9. The standard InChI is InChI=1S/C21H26N2S/c1-14-10-15(2)21(16(3)11-14)24-23(5)17(4)12-18-13-22-20-9-7-6-8-19(18)20/h6-11,13,17,22H,12H2,1-5H3. The first-order valence-corrected chi connectivity index (χ1v) is 9.26. The van der Waals surface area contributed by atoms with Crippen LogP contribution in [0, 0.1) is 20.8 Å². The van der Waals surface area contributed by atoms with Crippen LogP contribution in [-0.4, -0.2) is 22.4 Å². The first-order chi connectivity index (χ1) is 11.5. The SMILES string of the molecule is Cc1cc(C)c(SN(C)C(C)Cc2c[nH]c3ccccc23)c(C)c1. The maximum absolute atomic E-state index is 3.38. The molecular formula is C21H26N2S. The highest BCUT2D eigenvalue weighted by atomic mass is 32.2. The van der Waals surface area contributed by atoms with E-state index in [1.165, 1.54) is 38.1 Å². The molecule has 1 aromatic heterocycles. The minimum Gasteiger partial charge on any atom is -0.361 e. The number of aryl methyl sites for hydroxylation is 3. The Labute approximate surface area is 149 Å². The average molecular weight is 339 g/mol. The summed E-state index contributed by atoms with van der Waals surface area (Å²) in [6, 6.07) is 13.5. The van der Waals surface area contributed by atoms with E-state index in [-0.39, 0.29) is 0 Å². The molecule has 3 rings (SSSR count). The number of hydrogen-bond donors (Lipinski definition) is 1. The van der Waals surface area contributed by atoms with E-state index in [2.05, 4.69) is 86.6 Å². The quantitative estimate of drug-likeness (QED) is 0.605. The van der Waals surface area contributed by atoms with Crippen LogP contribution in [0.3, 0.4) is 0 Å². The van der Waals surface area contributed by atoms with Crippen LogP contribution in [0.5, 0.6) is 0 Å². The third-order valence-electron chi connectivity index (χ3n) is 4.65. The molecule has 0 saturated carbocycles. The highest BCUT2D eigenvalue weighted by Crippen LogP contribution is 2.31. The van der Waals surface area contributed by atoms with Gasteiger partial charge in [0.15, 0.2) is 0 Å². The van der Waals surface area contributed by atoms with Crippen molar-refractivity contribution in [3.63, 3.8) is 0 Å². The molecule has 24 heavy (non-hydrogen) atoms. The first kappa shape index (κ1) is 17.1. The lowest BCUT2D eigenvalue weighted by Gasteiger charge is -2.25. The Morgan fingerprint density at radius 1 is 1.08 bits per heavy atom. The minimum atomic E-state index is 0.453. The van der Waals surface area contributed by atoms with Crippen molar-refractivity contribution >= 4 is 22.9 Å². The van der Waals surface area contributed by atoms with E-state index in [1.807, 2.05) is 11.9 Å². The van der Waals surface area contributed by atoms with Crippen molar-refractivity contribution in [1.29, 1.82) is 0 Å². The van der Waals surface area contributed by atoms with Crippen LogP contribution in [0.1, 0.15) is 29.2 Å². The van der Waals surface area contributed by atoms with Crippen LogP contribution in [0.2, 0.25) is 0 Å². The number of para-hydroxylation sites is 1. The second kappa shape index (κ2) is 7.04. The summed E-state index contributed by atoms with van der Waals surface area (Å²) in [5.41, 5.74) is 6.68. The average Bonchev–Trinajstić information content (AvgIpc) is 2.94. The smallest absolute Gasteiger partial charge is 0.0456 e. The fourth-order valence-corrected chi connectivity index (χ4v) is 4.24. The van der Waals surface area contributed by atoms with Gasteiger partial charge in [0.05, 0.1) is 0 Å². The zero-order valence-electron chi connectivity index (χ0n) is 15.2. The molecule has 3 heteroatoms. The van der Waals surface area contributed by atoms with E-state index in [4.69, 9.17) is 0 Å². The van der Waals surface area contributed by atoms with Crippen LogP contribution in [0.15, 0.2) is 47.5 Å². The number of aromatic nitrogens is 1. The summed E-state index contributed by atoms with van der Waals surface area (Å²) in [5, 5.41) is 1.34. The fraction of sp³-hybridized carbons (Fsp3) is 0.333. The summed E-state index contributed by atoms with van der Waals surface area (Å²) in [6.07, 6.45) is 3.19. The van der Waals surface area contributed by atoms with Crippen molar-refractivity contribution in [2.24, 2.45) is 0 Å². The van der Waals surface area contributed by atoms with Gasteiger partial charge in [-0.2, -0.15) is 0 Å². The second-order valence-electron chi connectivity index (χ2n) is 6.78. The van der Waals surface area contributed by atoms with Gasteiger partial charge in [-0.25, -0.2) is 4.31 Å². The van der Waals surface area contributed by atoms with Crippen molar-refractivity contribution in [3.8, 4) is 0 Å². The molecule has 126 valence electrons. The summed E-state index contributed by atoms with van der Waals surface area (Å²) >= 11 is 1.86. The van der Waals surface area contributed by atoms with E-state index in [0.29, 0.717) is 6.04 Å². The number of fused-ring (bicyclic) bond motifs is 1. The highest BCUT2D eigenvalue weighted by Gasteiger charge is 2.16. The van der Waals surface area contributed by atoms with Crippen molar-refractivity contribution < 1.29 is 0 Å². The van der Waals surface area contributed by atoms with Gasteiger partial charge in [0.2, 0.25) is 0 Å². The van der Waals surface area contributed by atoms with Gasteiger partial charge in [-0.3, -0.25) is 0 Å². The van der Waals surface area contributed by atoms with Crippen LogP contribution < -0.4 is 0 Å². The van der Waals surface area contributed by atoms with Crippen LogP contribution in [0.4, 0.5) is 0 Å². The zero-order chi connectivity index (χ0) is 17.3. The molecule has 0 spiro atoms. The molecule has 0 bridgehead atoms. The van der Waals surface area contributed by atoms with Crippen molar-refractivity contribution in [2.75, 3.05) is 7.05 Å². The Balaban J connectivity index is 1.74. The number of benzene rings is 2. The molecule has 0 aliphatic rings. The maximum Gasteiger partial charge on any atom is 0.0456 e. The molecule has 0 radical (unpaired) electrons. The van der Waals surface area contributed by atoms with Gasteiger partial charge in [0.25, 0.3) is 0 Å². The molecule has 2 aromatic carbocycles. The minimum absolute atomic E-state index is 0.453. The second-order valence-corrected chi connectivity index (χ2v) is 7.94. The predicted molar refractivity (Wildman–Crippen MR) is 106 cm³/mol. The maximum atomic E-state index is 3.38. The zero-order valence-corrected chi connectivity index (χ0v) is 16.0. The molecular weight excluding hydrogens is 312 g/mol. The summed E-state index contributed by atoms with van der Waals surface area (Å²) in [5.74, 6) is 0. The monoisotopic (exact) mass is 338 g/mol. The van der Waals surface area contributed by atoms with Crippen molar-refractivity contribution in [2.45, 2.75) is 45.1 Å². The summed E-state index contributed by atoms with van der Waals surface area (Å²) < 4.78 is 2.38. The Morgan fingerprint density at radius 2 is 1.75 bits per heavy atom. The molecule has 0 aliphatic carbocycles. The van der Waals surface area contributed by atoms with Crippen LogP contribution in [0.25, 0.3) is 10.9 Å². The van der Waals surface area contributed by atoms with Crippen LogP contribution in [-0.2, 0) is 6.42 Å². The van der Waals surface area contributed by atoms with E-state index in [1.54, 1.807) is 0 Å².